The number of benzene rings is 2. The highest BCUT2D eigenvalue weighted by molar-refractivity contribution is 9.10. The lowest BCUT2D eigenvalue weighted by Crippen LogP contribution is -2.18. The molecule has 144 valence electrons. The molecule has 2 rings (SSSR count). The Kier molecular flexibility index (Phi) is 6.84. The van der Waals surface area contributed by atoms with Crippen molar-refractivity contribution in [2.45, 2.75) is 13.1 Å². The molecule has 27 heavy (non-hydrogen) atoms. The van der Waals surface area contributed by atoms with Crippen molar-refractivity contribution in [2.24, 2.45) is 5.10 Å². The van der Waals surface area contributed by atoms with E-state index in [-0.39, 0.29) is 5.56 Å². The maximum absolute atomic E-state index is 12.7. The van der Waals surface area contributed by atoms with Crippen LogP contribution in [0.3, 0.4) is 0 Å². The van der Waals surface area contributed by atoms with E-state index in [4.69, 9.17) is 9.47 Å². The molecule has 0 unspecified atom stereocenters. The predicted octanol–water partition coefficient (Wildman–Crippen LogP) is 4.64. The van der Waals surface area contributed by atoms with Crippen LogP contribution in [0.5, 0.6) is 11.5 Å². The van der Waals surface area contributed by atoms with Crippen LogP contribution in [0, 0.1) is 0 Å². The van der Waals surface area contributed by atoms with E-state index < -0.39 is 17.6 Å². The van der Waals surface area contributed by atoms with E-state index in [0.717, 1.165) is 18.2 Å². The van der Waals surface area contributed by atoms with Gasteiger partial charge in [0.2, 0.25) is 0 Å². The Bertz CT molecular complexity index is 854. The van der Waals surface area contributed by atoms with Gasteiger partial charge >= 0.3 is 6.18 Å². The molecular formula is C18H16BrF3N2O3. The zero-order valence-electron chi connectivity index (χ0n) is 14.4. The monoisotopic (exact) mass is 444 g/mol. The number of halogens is 4. The summed E-state index contributed by atoms with van der Waals surface area (Å²) in [4.78, 5) is 12.0. The summed E-state index contributed by atoms with van der Waals surface area (Å²) in [7, 11) is 1.49. The summed E-state index contributed by atoms with van der Waals surface area (Å²) in [5.74, 6) is 0.258. The van der Waals surface area contributed by atoms with E-state index in [2.05, 4.69) is 26.5 Å². The van der Waals surface area contributed by atoms with E-state index in [0.29, 0.717) is 28.1 Å². The van der Waals surface area contributed by atoms with E-state index in [1.54, 1.807) is 12.1 Å². The number of hydrogen-bond acceptors (Lipinski definition) is 4. The van der Waals surface area contributed by atoms with Gasteiger partial charge < -0.3 is 9.47 Å². The molecule has 2 aromatic carbocycles. The summed E-state index contributed by atoms with van der Waals surface area (Å²) in [6, 6.07) is 7.43. The number of hydrogen-bond donors (Lipinski definition) is 1. The molecule has 0 aliphatic heterocycles. The van der Waals surface area contributed by atoms with Gasteiger partial charge in [-0.1, -0.05) is 6.07 Å². The van der Waals surface area contributed by atoms with Gasteiger partial charge in [0, 0.05) is 15.6 Å². The number of carbonyl (C=O) groups excluding carboxylic acids is 1. The summed E-state index contributed by atoms with van der Waals surface area (Å²) in [5, 5.41) is 3.79. The van der Waals surface area contributed by atoms with Gasteiger partial charge in [0.05, 0.1) is 25.5 Å². The Morgan fingerprint density at radius 2 is 2.00 bits per heavy atom. The second kappa shape index (κ2) is 8.90. The predicted molar refractivity (Wildman–Crippen MR) is 98.4 cm³/mol. The maximum atomic E-state index is 12.7. The molecule has 0 aliphatic carbocycles. The third-order valence-corrected chi connectivity index (χ3v) is 4.09. The first-order valence-electron chi connectivity index (χ1n) is 7.77. The zero-order valence-corrected chi connectivity index (χ0v) is 16.0. The highest BCUT2D eigenvalue weighted by atomic mass is 79.9. The molecule has 0 aromatic heterocycles. The quantitative estimate of drug-likeness (QED) is 0.521. The average molecular weight is 445 g/mol. The van der Waals surface area contributed by atoms with Crippen molar-refractivity contribution in [3.05, 3.63) is 57.6 Å². The van der Waals surface area contributed by atoms with Crippen molar-refractivity contribution in [3.63, 3.8) is 0 Å². The standard InChI is InChI=1S/C18H16BrF3N2O3/c1-3-27-16-9-14(19)12(8-15(16)26-2)10-23-24-17(25)11-5-4-6-13(7-11)18(20,21)22/h4-10H,3H2,1-2H3,(H,24,25)/b23-10-. The molecule has 0 spiro atoms. The first-order valence-corrected chi connectivity index (χ1v) is 8.56. The van der Waals surface area contributed by atoms with Gasteiger partial charge in [-0.25, -0.2) is 5.43 Å². The van der Waals surface area contributed by atoms with E-state index >= 15 is 0 Å². The average Bonchev–Trinajstić information content (AvgIpc) is 2.63. The second-order valence-corrected chi connectivity index (χ2v) is 6.09. The topological polar surface area (TPSA) is 59.9 Å². The van der Waals surface area contributed by atoms with Crippen LogP contribution in [0.1, 0.15) is 28.4 Å². The van der Waals surface area contributed by atoms with E-state index in [1.165, 1.54) is 19.4 Å². The fraction of sp³-hybridized carbons (Fsp3) is 0.222. The number of nitrogens with one attached hydrogen (secondary N) is 1. The molecular weight excluding hydrogens is 429 g/mol. The minimum absolute atomic E-state index is 0.148. The van der Waals surface area contributed by atoms with Gasteiger partial charge in [-0.3, -0.25) is 4.79 Å². The first kappa shape index (κ1) is 20.8. The third-order valence-electron chi connectivity index (χ3n) is 3.40. The Labute approximate surface area is 162 Å². The number of alkyl halides is 3. The zero-order chi connectivity index (χ0) is 20.0. The van der Waals surface area contributed by atoms with Crippen LogP contribution in [0.15, 0.2) is 46.0 Å². The van der Waals surface area contributed by atoms with E-state index in [9.17, 15) is 18.0 Å². The van der Waals surface area contributed by atoms with Gasteiger partial charge in [0.25, 0.3) is 5.91 Å². The molecule has 2 aromatic rings. The fourth-order valence-corrected chi connectivity index (χ4v) is 2.56. The molecule has 0 fully saturated rings. The van der Waals surface area contributed by atoms with Crippen LogP contribution >= 0.6 is 15.9 Å². The molecule has 0 heterocycles. The molecule has 0 aliphatic rings. The highest BCUT2D eigenvalue weighted by Gasteiger charge is 2.30. The lowest BCUT2D eigenvalue weighted by Gasteiger charge is -2.11. The smallest absolute Gasteiger partial charge is 0.416 e. The van der Waals surface area contributed by atoms with Crippen LogP contribution in [-0.2, 0) is 6.18 Å². The Hall–Kier alpha value is -2.55. The second-order valence-electron chi connectivity index (χ2n) is 5.24. The molecule has 0 radical (unpaired) electrons. The molecule has 0 atom stereocenters. The lowest BCUT2D eigenvalue weighted by molar-refractivity contribution is -0.137. The number of hydrazone groups is 1. The molecule has 9 heteroatoms. The van der Waals surface area contributed by atoms with Crippen LogP contribution in [0.4, 0.5) is 13.2 Å². The van der Waals surface area contributed by atoms with Gasteiger partial charge in [-0.2, -0.15) is 18.3 Å². The number of ether oxygens (including phenoxy) is 2. The molecule has 5 nitrogen and oxygen atoms in total. The first-order chi connectivity index (χ1) is 12.8. The highest BCUT2D eigenvalue weighted by Crippen LogP contribution is 2.33. The minimum Gasteiger partial charge on any atom is -0.493 e. The summed E-state index contributed by atoms with van der Waals surface area (Å²) < 4.78 is 49.5. The Morgan fingerprint density at radius 1 is 1.26 bits per heavy atom. The van der Waals surface area contributed by atoms with Crippen molar-refractivity contribution in [1.82, 2.24) is 5.43 Å². The van der Waals surface area contributed by atoms with Crippen LogP contribution in [0.2, 0.25) is 0 Å². The summed E-state index contributed by atoms with van der Waals surface area (Å²) in [6.45, 7) is 2.30. The van der Waals surface area contributed by atoms with E-state index in [1.807, 2.05) is 6.92 Å². The van der Waals surface area contributed by atoms with Gasteiger partial charge in [-0.05, 0) is 53.2 Å². The maximum Gasteiger partial charge on any atom is 0.416 e. The third kappa shape index (κ3) is 5.46. The van der Waals surface area contributed by atoms with Crippen molar-refractivity contribution >= 4 is 28.1 Å². The van der Waals surface area contributed by atoms with Crippen LogP contribution in [0.25, 0.3) is 0 Å². The number of rotatable bonds is 6. The number of amides is 1. The molecule has 0 saturated heterocycles. The Balaban J connectivity index is 2.14. The van der Waals surface area contributed by atoms with Gasteiger partial charge in [-0.15, -0.1) is 0 Å². The Morgan fingerprint density at radius 3 is 2.63 bits per heavy atom. The minimum atomic E-state index is -4.52. The van der Waals surface area contributed by atoms with Crippen molar-refractivity contribution < 1.29 is 27.4 Å². The summed E-state index contributed by atoms with van der Waals surface area (Å²) in [5.41, 5.74) is 1.73. The number of carbonyl (C=O) groups is 1. The van der Waals surface area contributed by atoms with Crippen LogP contribution in [-0.4, -0.2) is 25.8 Å². The number of methoxy groups -OCH3 is 1. The SMILES string of the molecule is CCOc1cc(Br)c(/C=N\NC(=O)c2cccc(C(F)(F)F)c2)cc1OC. The van der Waals surface area contributed by atoms with Gasteiger partial charge in [0.15, 0.2) is 11.5 Å². The van der Waals surface area contributed by atoms with Crippen molar-refractivity contribution in [3.8, 4) is 11.5 Å². The van der Waals surface area contributed by atoms with Crippen molar-refractivity contribution in [1.29, 1.82) is 0 Å². The normalized spacial score (nSPS) is 11.5. The van der Waals surface area contributed by atoms with Gasteiger partial charge in [0.1, 0.15) is 0 Å². The van der Waals surface area contributed by atoms with Crippen molar-refractivity contribution in [2.75, 3.05) is 13.7 Å². The van der Waals surface area contributed by atoms with Crippen LogP contribution < -0.4 is 14.9 Å². The molecule has 0 saturated carbocycles. The summed E-state index contributed by atoms with van der Waals surface area (Å²) >= 11 is 3.36. The molecule has 1 N–H and O–H groups in total. The largest absolute Gasteiger partial charge is 0.493 e. The lowest BCUT2D eigenvalue weighted by atomic mass is 10.1. The molecule has 0 bridgehead atoms. The summed E-state index contributed by atoms with van der Waals surface area (Å²) in [6.07, 6.45) is -3.18. The molecule has 1 amide bonds. The fourth-order valence-electron chi connectivity index (χ4n) is 2.14. The number of nitrogens with zero attached hydrogens (tertiary/aromatic N) is 1.